The van der Waals surface area contributed by atoms with Crippen LogP contribution in [0.2, 0.25) is 0 Å². The van der Waals surface area contributed by atoms with Gasteiger partial charge in [0.15, 0.2) is 4.34 Å². The monoisotopic (exact) mass is 358 g/mol. The summed E-state index contributed by atoms with van der Waals surface area (Å²) in [5, 5.41) is 4.66. The van der Waals surface area contributed by atoms with Gasteiger partial charge in [0.1, 0.15) is 5.82 Å². The van der Waals surface area contributed by atoms with Gasteiger partial charge in [-0.3, -0.25) is 4.79 Å². The average molecular weight is 358 g/mol. The van der Waals surface area contributed by atoms with Crippen molar-refractivity contribution < 1.29 is 9.18 Å². The van der Waals surface area contributed by atoms with Gasteiger partial charge in [0.25, 0.3) is 0 Å². The highest BCUT2D eigenvalue weighted by atomic mass is 32.2. The second-order valence-corrected chi connectivity index (χ2v) is 7.29. The first-order valence-electron chi connectivity index (χ1n) is 7.31. The summed E-state index contributed by atoms with van der Waals surface area (Å²) in [5.74, 6) is -0.321. The van der Waals surface area contributed by atoms with E-state index in [4.69, 9.17) is 0 Å². The Labute approximate surface area is 148 Å². The van der Waals surface area contributed by atoms with Crippen molar-refractivity contribution in [3.63, 3.8) is 0 Å². The molecule has 6 heteroatoms. The fraction of sp³-hybridized carbons (Fsp3) is 0.111. The van der Waals surface area contributed by atoms with Crippen LogP contribution < -0.4 is 5.32 Å². The SMILES string of the molecule is Cc1ccc(-c2csc(SCC(=O)Nc3cccc(F)c3)n2)cc1. The van der Waals surface area contributed by atoms with Gasteiger partial charge in [-0.25, -0.2) is 9.37 Å². The lowest BCUT2D eigenvalue weighted by Gasteiger charge is -2.04. The van der Waals surface area contributed by atoms with E-state index >= 15 is 0 Å². The van der Waals surface area contributed by atoms with Crippen LogP contribution in [0.15, 0.2) is 58.3 Å². The number of anilines is 1. The zero-order valence-electron chi connectivity index (χ0n) is 13.0. The maximum atomic E-state index is 13.1. The molecule has 1 aromatic heterocycles. The first kappa shape index (κ1) is 16.7. The van der Waals surface area contributed by atoms with Crippen LogP contribution in [-0.4, -0.2) is 16.6 Å². The molecule has 2 aromatic carbocycles. The predicted octanol–water partition coefficient (Wildman–Crippen LogP) is 4.99. The number of halogens is 1. The quantitative estimate of drug-likeness (QED) is 0.654. The summed E-state index contributed by atoms with van der Waals surface area (Å²) in [6.07, 6.45) is 0. The van der Waals surface area contributed by atoms with Gasteiger partial charge in [0, 0.05) is 16.6 Å². The van der Waals surface area contributed by atoms with Crippen LogP contribution in [0.5, 0.6) is 0 Å². The van der Waals surface area contributed by atoms with Gasteiger partial charge < -0.3 is 5.32 Å². The molecule has 24 heavy (non-hydrogen) atoms. The smallest absolute Gasteiger partial charge is 0.234 e. The molecule has 0 bridgehead atoms. The van der Waals surface area contributed by atoms with E-state index in [9.17, 15) is 9.18 Å². The third-order valence-corrected chi connectivity index (χ3v) is 5.29. The highest BCUT2D eigenvalue weighted by Gasteiger charge is 2.08. The Bertz CT molecular complexity index is 846. The number of aromatic nitrogens is 1. The first-order valence-corrected chi connectivity index (χ1v) is 9.17. The van der Waals surface area contributed by atoms with E-state index in [1.54, 1.807) is 12.1 Å². The molecule has 3 aromatic rings. The van der Waals surface area contributed by atoms with Crippen molar-refractivity contribution in [1.29, 1.82) is 0 Å². The topological polar surface area (TPSA) is 42.0 Å². The Kier molecular flexibility index (Phi) is 5.27. The maximum absolute atomic E-state index is 13.1. The molecule has 1 heterocycles. The van der Waals surface area contributed by atoms with Crippen molar-refractivity contribution >= 4 is 34.7 Å². The lowest BCUT2D eigenvalue weighted by molar-refractivity contribution is -0.113. The van der Waals surface area contributed by atoms with Crippen molar-refractivity contribution in [3.8, 4) is 11.3 Å². The molecule has 3 rings (SSSR count). The number of hydrogen-bond donors (Lipinski definition) is 1. The van der Waals surface area contributed by atoms with E-state index in [2.05, 4.69) is 10.3 Å². The normalized spacial score (nSPS) is 10.6. The van der Waals surface area contributed by atoms with Crippen LogP contribution in [0.1, 0.15) is 5.56 Å². The number of rotatable bonds is 5. The Morgan fingerprint density at radius 2 is 2.04 bits per heavy atom. The molecular formula is C18H15FN2OS2. The average Bonchev–Trinajstić information content (AvgIpc) is 3.03. The second kappa shape index (κ2) is 7.59. The number of amides is 1. The van der Waals surface area contributed by atoms with Gasteiger partial charge >= 0.3 is 0 Å². The lowest BCUT2D eigenvalue weighted by Crippen LogP contribution is -2.13. The number of aryl methyl sites for hydroxylation is 1. The minimum absolute atomic E-state index is 0.183. The molecule has 1 N–H and O–H groups in total. The summed E-state index contributed by atoms with van der Waals surface area (Å²) in [4.78, 5) is 16.5. The number of nitrogens with one attached hydrogen (secondary N) is 1. The van der Waals surface area contributed by atoms with Crippen LogP contribution >= 0.6 is 23.1 Å². The molecule has 0 spiro atoms. The Balaban J connectivity index is 1.57. The molecule has 0 aliphatic heterocycles. The van der Waals surface area contributed by atoms with E-state index in [0.717, 1.165) is 15.6 Å². The van der Waals surface area contributed by atoms with E-state index in [0.29, 0.717) is 5.69 Å². The van der Waals surface area contributed by atoms with E-state index in [-0.39, 0.29) is 17.5 Å². The molecule has 0 aliphatic carbocycles. The largest absolute Gasteiger partial charge is 0.325 e. The number of thioether (sulfide) groups is 1. The fourth-order valence-electron chi connectivity index (χ4n) is 2.07. The minimum Gasteiger partial charge on any atom is -0.325 e. The molecule has 0 saturated carbocycles. The number of carbonyl (C=O) groups excluding carboxylic acids is 1. The van der Waals surface area contributed by atoms with Gasteiger partial charge in [0.2, 0.25) is 5.91 Å². The Morgan fingerprint density at radius 1 is 1.25 bits per heavy atom. The summed E-state index contributed by atoms with van der Waals surface area (Å²) < 4.78 is 13.9. The zero-order valence-corrected chi connectivity index (χ0v) is 14.6. The van der Waals surface area contributed by atoms with Crippen LogP contribution in [0, 0.1) is 12.7 Å². The molecule has 0 aliphatic rings. The van der Waals surface area contributed by atoms with Gasteiger partial charge in [-0.15, -0.1) is 11.3 Å². The van der Waals surface area contributed by atoms with Crippen molar-refractivity contribution in [2.24, 2.45) is 0 Å². The molecule has 3 nitrogen and oxygen atoms in total. The summed E-state index contributed by atoms with van der Waals surface area (Å²) >= 11 is 2.88. The van der Waals surface area contributed by atoms with Gasteiger partial charge in [0.05, 0.1) is 11.4 Å². The number of thiazole rings is 1. The van der Waals surface area contributed by atoms with E-state index in [1.165, 1.54) is 40.8 Å². The van der Waals surface area contributed by atoms with Crippen molar-refractivity contribution in [1.82, 2.24) is 4.98 Å². The summed E-state index contributed by atoms with van der Waals surface area (Å²) in [7, 11) is 0. The summed E-state index contributed by atoms with van der Waals surface area (Å²) in [6.45, 7) is 2.04. The Morgan fingerprint density at radius 3 is 2.79 bits per heavy atom. The highest BCUT2D eigenvalue weighted by Crippen LogP contribution is 2.28. The molecule has 1 amide bonds. The van der Waals surface area contributed by atoms with Gasteiger partial charge in [-0.2, -0.15) is 0 Å². The zero-order chi connectivity index (χ0) is 16.9. The first-order chi connectivity index (χ1) is 11.6. The van der Waals surface area contributed by atoms with Crippen molar-refractivity contribution in [2.45, 2.75) is 11.3 Å². The molecule has 0 atom stereocenters. The lowest BCUT2D eigenvalue weighted by atomic mass is 10.1. The minimum atomic E-state index is -0.372. The fourth-order valence-corrected chi connectivity index (χ4v) is 3.71. The van der Waals surface area contributed by atoms with Crippen LogP contribution in [0.3, 0.4) is 0 Å². The number of carbonyl (C=O) groups is 1. The molecule has 0 fully saturated rings. The van der Waals surface area contributed by atoms with Crippen LogP contribution in [0.25, 0.3) is 11.3 Å². The third-order valence-electron chi connectivity index (χ3n) is 3.27. The van der Waals surface area contributed by atoms with Crippen molar-refractivity contribution in [3.05, 3.63) is 65.3 Å². The van der Waals surface area contributed by atoms with E-state index < -0.39 is 0 Å². The highest BCUT2D eigenvalue weighted by molar-refractivity contribution is 8.01. The standard InChI is InChI=1S/C18H15FN2OS2/c1-12-5-7-13(8-6-12)16-10-23-18(21-16)24-11-17(22)20-15-4-2-3-14(19)9-15/h2-10H,11H2,1H3,(H,20,22). The third kappa shape index (κ3) is 4.43. The maximum Gasteiger partial charge on any atom is 0.234 e. The number of benzene rings is 2. The molecule has 0 unspecified atom stereocenters. The molecule has 122 valence electrons. The van der Waals surface area contributed by atoms with Crippen LogP contribution in [0.4, 0.5) is 10.1 Å². The van der Waals surface area contributed by atoms with E-state index in [1.807, 2.05) is 36.6 Å². The molecular weight excluding hydrogens is 343 g/mol. The second-order valence-electron chi connectivity index (χ2n) is 5.21. The van der Waals surface area contributed by atoms with Gasteiger partial charge in [-0.1, -0.05) is 47.7 Å². The number of hydrogen-bond acceptors (Lipinski definition) is 4. The number of nitrogens with zero attached hydrogens (tertiary/aromatic N) is 1. The van der Waals surface area contributed by atoms with Gasteiger partial charge in [-0.05, 0) is 25.1 Å². The summed E-state index contributed by atoms with van der Waals surface area (Å²) in [5.41, 5.74) is 3.64. The molecule has 0 radical (unpaired) electrons. The predicted molar refractivity (Wildman–Crippen MR) is 98.0 cm³/mol. The molecule has 0 saturated heterocycles. The Hall–Kier alpha value is -2.18. The van der Waals surface area contributed by atoms with Crippen LogP contribution in [-0.2, 0) is 4.79 Å². The van der Waals surface area contributed by atoms with Crippen molar-refractivity contribution in [2.75, 3.05) is 11.1 Å². The summed E-state index contributed by atoms with van der Waals surface area (Å²) in [6, 6.07) is 14.0.